The van der Waals surface area contributed by atoms with E-state index >= 15 is 0 Å². The Morgan fingerprint density at radius 3 is 2.65 bits per heavy atom. The largest absolute Gasteiger partial charge is 0.493 e. The Hall–Kier alpha value is -2.82. The molecule has 1 aliphatic rings. The number of amides is 2. The first-order chi connectivity index (χ1) is 12.5. The SMILES string of the molecule is CC(C)C(=O)N1CCc2cc(NC(=O)CCOc3ccccc3)ccc21. The van der Waals surface area contributed by atoms with Gasteiger partial charge in [0.15, 0.2) is 0 Å². The lowest BCUT2D eigenvalue weighted by Gasteiger charge is -2.19. The van der Waals surface area contributed by atoms with Crippen LogP contribution in [0, 0.1) is 5.92 Å². The summed E-state index contributed by atoms with van der Waals surface area (Å²) in [4.78, 5) is 26.2. The van der Waals surface area contributed by atoms with E-state index in [1.807, 2.05) is 67.3 Å². The highest BCUT2D eigenvalue weighted by molar-refractivity contribution is 5.97. The molecule has 2 amide bonds. The van der Waals surface area contributed by atoms with Crippen LogP contribution in [0.25, 0.3) is 0 Å². The highest BCUT2D eigenvalue weighted by Gasteiger charge is 2.26. The highest BCUT2D eigenvalue weighted by atomic mass is 16.5. The first-order valence-electron chi connectivity index (χ1n) is 8.96. The van der Waals surface area contributed by atoms with Crippen LogP contribution in [0.1, 0.15) is 25.8 Å². The first kappa shape index (κ1) is 18.0. The number of anilines is 2. The molecule has 26 heavy (non-hydrogen) atoms. The van der Waals surface area contributed by atoms with Crippen LogP contribution in [0.5, 0.6) is 5.75 Å². The average Bonchev–Trinajstić information content (AvgIpc) is 3.05. The normalized spacial score (nSPS) is 12.8. The molecule has 5 heteroatoms. The van der Waals surface area contributed by atoms with Gasteiger partial charge in [0.25, 0.3) is 0 Å². The van der Waals surface area contributed by atoms with Crippen LogP contribution in [0.2, 0.25) is 0 Å². The summed E-state index contributed by atoms with van der Waals surface area (Å²) in [5.74, 6) is 0.783. The lowest BCUT2D eigenvalue weighted by Crippen LogP contribution is -2.32. The third-order valence-corrected chi connectivity index (χ3v) is 4.36. The van der Waals surface area contributed by atoms with Gasteiger partial charge in [-0.25, -0.2) is 0 Å². The van der Waals surface area contributed by atoms with Gasteiger partial charge in [-0.05, 0) is 42.3 Å². The Balaban J connectivity index is 1.54. The van der Waals surface area contributed by atoms with Gasteiger partial charge in [-0.3, -0.25) is 9.59 Å². The van der Waals surface area contributed by atoms with Crippen molar-refractivity contribution in [1.29, 1.82) is 0 Å². The molecule has 0 saturated heterocycles. The van der Waals surface area contributed by atoms with Crippen molar-refractivity contribution in [3.8, 4) is 5.75 Å². The number of para-hydroxylation sites is 1. The molecule has 5 nitrogen and oxygen atoms in total. The third-order valence-electron chi connectivity index (χ3n) is 4.36. The Labute approximate surface area is 154 Å². The van der Waals surface area contributed by atoms with Crippen LogP contribution in [0.4, 0.5) is 11.4 Å². The second-order valence-corrected chi connectivity index (χ2v) is 6.70. The molecule has 0 bridgehead atoms. The molecule has 0 spiro atoms. The van der Waals surface area contributed by atoms with Crippen molar-refractivity contribution in [2.24, 2.45) is 5.92 Å². The minimum absolute atomic E-state index is 0.0232. The number of nitrogens with zero attached hydrogens (tertiary/aromatic N) is 1. The fourth-order valence-electron chi connectivity index (χ4n) is 3.02. The van der Waals surface area contributed by atoms with Crippen LogP contribution >= 0.6 is 0 Å². The molecule has 1 aliphatic heterocycles. The molecular formula is C21H24N2O3. The molecule has 0 saturated carbocycles. The zero-order valence-corrected chi connectivity index (χ0v) is 15.2. The van der Waals surface area contributed by atoms with Gasteiger partial charge in [-0.15, -0.1) is 0 Å². The average molecular weight is 352 g/mol. The van der Waals surface area contributed by atoms with Crippen molar-refractivity contribution in [3.63, 3.8) is 0 Å². The number of carbonyl (C=O) groups is 2. The van der Waals surface area contributed by atoms with Gasteiger partial charge >= 0.3 is 0 Å². The number of fused-ring (bicyclic) bond motifs is 1. The molecule has 2 aromatic rings. The third kappa shape index (κ3) is 4.23. The number of hydrogen-bond donors (Lipinski definition) is 1. The maximum absolute atomic E-state index is 12.2. The summed E-state index contributed by atoms with van der Waals surface area (Å²) >= 11 is 0. The lowest BCUT2D eigenvalue weighted by molar-refractivity contribution is -0.121. The molecule has 0 aliphatic carbocycles. The Morgan fingerprint density at radius 1 is 1.15 bits per heavy atom. The minimum atomic E-state index is -0.0889. The standard InChI is InChI=1S/C21H24N2O3/c1-15(2)21(25)23-12-10-16-14-17(8-9-19(16)23)22-20(24)11-13-26-18-6-4-3-5-7-18/h3-9,14-15H,10-13H2,1-2H3,(H,22,24). The van der Waals surface area contributed by atoms with E-state index in [-0.39, 0.29) is 24.2 Å². The van der Waals surface area contributed by atoms with Crippen molar-refractivity contribution < 1.29 is 14.3 Å². The molecule has 0 fully saturated rings. The molecule has 1 heterocycles. The highest BCUT2D eigenvalue weighted by Crippen LogP contribution is 2.31. The molecular weight excluding hydrogens is 328 g/mol. The zero-order chi connectivity index (χ0) is 18.5. The topological polar surface area (TPSA) is 58.6 Å². The van der Waals surface area contributed by atoms with E-state index in [9.17, 15) is 9.59 Å². The molecule has 1 N–H and O–H groups in total. The second kappa shape index (κ2) is 8.04. The predicted molar refractivity (Wildman–Crippen MR) is 103 cm³/mol. The number of carbonyl (C=O) groups excluding carboxylic acids is 2. The molecule has 0 radical (unpaired) electrons. The van der Waals surface area contributed by atoms with Gasteiger partial charge in [0, 0.05) is 23.8 Å². The van der Waals surface area contributed by atoms with Gasteiger partial charge in [0.2, 0.25) is 11.8 Å². The van der Waals surface area contributed by atoms with Crippen molar-refractivity contribution in [3.05, 3.63) is 54.1 Å². The summed E-state index contributed by atoms with van der Waals surface area (Å²) < 4.78 is 5.55. The molecule has 3 rings (SSSR count). The lowest BCUT2D eigenvalue weighted by atomic mass is 10.1. The molecule has 2 aromatic carbocycles. The van der Waals surface area contributed by atoms with Crippen LogP contribution < -0.4 is 15.0 Å². The molecule has 0 aromatic heterocycles. The number of rotatable bonds is 6. The van der Waals surface area contributed by atoms with Gasteiger partial charge in [0.05, 0.1) is 13.0 Å². The first-order valence-corrected chi connectivity index (χ1v) is 8.96. The number of ether oxygens (including phenoxy) is 1. The van der Waals surface area contributed by atoms with Gasteiger partial charge in [0.1, 0.15) is 5.75 Å². The van der Waals surface area contributed by atoms with E-state index in [0.717, 1.165) is 29.1 Å². The van der Waals surface area contributed by atoms with Crippen LogP contribution in [-0.2, 0) is 16.0 Å². The fraction of sp³-hybridized carbons (Fsp3) is 0.333. The summed E-state index contributed by atoms with van der Waals surface area (Å²) in [6.45, 7) is 4.85. The Bertz CT molecular complexity index is 787. The predicted octanol–water partition coefficient (Wildman–Crippen LogP) is 3.64. The Morgan fingerprint density at radius 2 is 1.92 bits per heavy atom. The van der Waals surface area contributed by atoms with Gasteiger partial charge in [-0.2, -0.15) is 0 Å². The smallest absolute Gasteiger partial charge is 0.229 e. The summed E-state index contributed by atoms with van der Waals surface area (Å²) in [5, 5.41) is 2.90. The van der Waals surface area contributed by atoms with Crippen LogP contribution in [-0.4, -0.2) is 25.0 Å². The van der Waals surface area contributed by atoms with E-state index in [1.165, 1.54) is 0 Å². The Kier molecular flexibility index (Phi) is 5.56. The van der Waals surface area contributed by atoms with Crippen molar-refractivity contribution in [2.45, 2.75) is 26.7 Å². The summed E-state index contributed by atoms with van der Waals surface area (Å²) in [5.41, 5.74) is 2.80. The zero-order valence-electron chi connectivity index (χ0n) is 15.2. The maximum Gasteiger partial charge on any atom is 0.229 e. The van der Waals surface area contributed by atoms with Crippen molar-refractivity contribution >= 4 is 23.2 Å². The minimum Gasteiger partial charge on any atom is -0.493 e. The van der Waals surface area contributed by atoms with E-state index < -0.39 is 0 Å². The summed E-state index contributed by atoms with van der Waals surface area (Å²) in [6.07, 6.45) is 1.10. The number of hydrogen-bond acceptors (Lipinski definition) is 3. The number of benzene rings is 2. The van der Waals surface area contributed by atoms with E-state index in [2.05, 4.69) is 5.32 Å². The van der Waals surface area contributed by atoms with E-state index in [0.29, 0.717) is 13.2 Å². The van der Waals surface area contributed by atoms with Crippen LogP contribution in [0.15, 0.2) is 48.5 Å². The van der Waals surface area contributed by atoms with Crippen LogP contribution in [0.3, 0.4) is 0 Å². The van der Waals surface area contributed by atoms with Gasteiger partial charge in [-0.1, -0.05) is 32.0 Å². The van der Waals surface area contributed by atoms with Crippen molar-refractivity contribution in [1.82, 2.24) is 0 Å². The fourth-order valence-corrected chi connectivity index (χ4v) is 3.02. The summed E-state index contributed by atoms with van der Waals surface area (Å²) in [6, 6.07) is 15.2. The number of nitrogens with one attached hydrogen (secondary N) is 1. The van der Waals surface area contributed by atoms with E-state index in [1.54, 1.807) is 0 Å². The monoisotopic (exact) mass is 352 g/mol. The van der Waals surface area contributed by atoms with E-state index in [4.69, 9.17) is 4.74 Å². The molecule has 136 valence electrons. The quantitative estimate of drug-likeness (QED) is 0.863. The van der Waals surface area contributed by atoms with Gasteiger partial charge < -0.3 is 15.0 Å². The molecule has 0 atom stereocenters. The second-order valence-electron chi connectivity index (χ2n) is 6.70. The maximum atomic E-state index is 12.2. The molecule has 0 unspecified atom stereocenters. The summed E-state index contributed by atoms with van der Waals surface area (Å²) in [7, 11) is 0. The van der Waals surface area contributed by atoms with Crippen molar-refractivity contribution in [2.75, 3.05) is 23.4 Å².